The molecule has 0 radical (unpaired) electrons. The van der Waals surface area contributed by atoms with E-state index in [0.29, 0.717) is 16.7 Å². The van der Waals surface area contributed by atoms with Crippen LogP contribution in [-0.4, -0.2) is 47.1 Å². The molecular formula is C12H20BrN3O3S. The van der Waals surface area contributed by atoms with Gasteiger partial charge in [0.05, 0.1) is 7.11 Å². The number of hydrogen-bond acceptors (Lipinski definition) is 5. The molecule has 20 heavy (non-hydrogen) atoms. The van der Waals surface area contributed by atoms with Crippen molar-refractivity contribution in [1.29, 1.82) is 0 Å². The number of rotatable bonds is 6. The van der Waals surface area contributed by atoms with Crippen LogP contribution in [0.2, 0.25) is 0 Å². The Balaban J connectivity index is 3.12. The van der Waals surface area contributed by atoms with E-state index in [2.05, 4.69) is 20.7 Å². The number of ether oxygens (including phenoxy) is 1. The van der Waals surface area contributed by atoms with Gasteiger partial charge >= 0.3 is 0 Å². The van der Waals surface area contributed by atoms with E-state index in [-0.39, 0.29) is 16.7 Å². The smallest absolute Gasteiger partial charge is 0.244 e. The number of hydrogen-bond donors (Lipinski definition) is 2. The Labute approximate surface area is 128 Å². The third kappa shape index (κ3) is 4.34. The lowest BCUT2D eigenvalue weighted by molar-refractivity contribution is 0.369. The summed E-state index contributed by atoms with van der Waals surface area (Å²) >= 11 is 3.24. The molecule has 0 saturated heterocycles. The number of nitrogens with one attached hydrogen (secondary N) is 1. The quantitative estimate of drug-likeness (QED) is 0.741. The maximum Gasteiger partial charge on any atom is 0.244 e. The number of likely N-dealkylation sites (N-methyl/N-ethyl adjacent to an activating group) is 1. The summed E-state index contributed by atoms with van der Waals surface area (Å²) in [4.78, 5) is 1.94. The maximum absolute atomic E-state index is 12.4. The molecule has 8 heteroatoms. The lowest BCUT2D eigenvalue weighted by Crippen LogP contribution is -2.39. The van der Waals surface area contributed by atoms with Crippen LogP contribution in [-0.2, 0) is 10.0 Å². The van der Waals surface area contributed by atoms with Crippen LogP contribution in [0.5, 0.6) is 5.75 Å². The van der Waals surface area contributed by atoms with Crippen molar-refractivity contribution in [3.63, 3.8) is 0 Å². The Morgan fingerprint density at radius 1 is 1.45 bits per heavy atom. The summed E-state index contributed by atoms with van der Waals surface area (Å²) < 4.78 is 33.1. The van der Waals surface area contributed by atoms with E-state index in [0.717, 1.165) is 0 Å². The predicted molar refractivity (Wildman–Crippen MR) is 83.4 cm³/mol. The van der Waals surface area contributed by atoms with Gasteiger partial charge < -0.3 is 15.4 Å². The van der Waals surface area contributed by atoms with E-state index >= 15 is 0 Å². The van der Waals surface area contributed by atoms with Gasteiger partial charge in [0.15, 0.2) is 0 Å². The average molecular weight is 366 g/mol. The third-order valence-electron chi connectivity index (χ3n) is 2.57. The molecule has 0 bridgehead atoms. The second kappa shape index (κ2) is 6.75. The maximum atomic E-state index is 12.4. The highest BCUT2D eigenvalue weighted by atomic mass is 79.9. The molecule has 114 valence electrons. The van der Waals surface area contributed by atoms with Crippen molar-refractivity contribution in [2.45, 2.75) is 17.9 Å². The molecule has 3 N–H and O–H groups in total. The number of nitrogen functional groups attached to an aromatic ring is 1. The number of sulfonamides is 1. The molecule has 1 aromatic carbocycles. The number of nitrogens with two attached hydrogens (primary N) is 1. The Kier molecular flexibility index (Phi) is 5.81. The molecule has 1 aromatic rings. The first-order valence-corrected chi connectivity index (χ1v) is 8.25. The summed E-state index contributed by atoms with van der Waals surface area (Å²) in [5.41, 5.74) is 6.09. The van der Waals surface area contributed by atoms with Crippen LogP contribution in [0.3, 0.4) is 0 Å². The molecule has 1 rings (SSSR count). The van der Waals surface area contributed by atoms with E-state index in [4.69, 9.17) is 10.5 Å². The monoisotopic (exact) mass is 365 g/mol. The molecule has 1 unspecified atom stereocenters. The zero-order chi connectivity index (χ0) is 15.5. The van der Waals surface area contributed by atoms with Gasteiger partial charge in [0.1, 0.15) is 10.6 Å². The van der Waals surface area contributed by atoms with Gasteiger partial charge in [0.2, 0.25) is 10.0 Å². The first-order valence-electron chi connectivity index (χ1n) is 5.97. The van der Waals surface area contributed by atoms with Crippen molar-refractivity contribution in [3.8, 4) is 5.75 Å². The highest BCUT2D eigenvalue weighted by Gasteiger charge is 2.23. The van der Waals surface area contributed by atoms with Crippen molar-refractivity contribution in [2.24, 2.45) is 0 Å². The topological polar surface area (TPSA) is 84.7 Å². The molecular weight excluding hydrogens is 346 g/mol. The van der Waals surface area contributed by atoms with E-state index in [1.54, 1.807) is 13.0 Å². The van der Waals surface area contributed by atoms with Gasteiger partial charge in [-0.2, -0.15) is 0 Å². The first-order chi connectivity index (χ1) is 9.17. The highest BCUT2D eigenvalue weighted by Crippen LogP contribution is 2.32. The van der Waals surface area contributed by atoms with Crippen LogP contribution in [0.15, 0.2) is 21.5 Å². The molecule has 0 spiro atoms. The van der Waals surface area contributed by atoms with Crippen molar-refractivity contribution < 1.29 is 13.2 Å². The molecule has 6 nitrogen and oxygen atoms in total. The number of benzene rings is 1. The van der Waals surface area contributed by atoms with Crippen LogP contribution in [0.25, 0.3) is 0 Å². The molecule has 1 atom stereocenters. The summed E-state index contributed by atoms with van der Waals surface area (Å²) in [5.74, 6) is 0.246. The zero-order valence-corrected chi connectivity index (χ0v) is 14.4. The van der Waals surface area contributed by atoms with Crippen LogP contribution >= 0.6 is 15.9 Å². The summed E-state index contributed by atoms with van der Waals surface area (Å²) in [6.07, 6.45) is 0. The van der Waals surface area contributed by atoms with Crippen molar-refractivity contribution in [3.05, 3.63) is 16.6 Å². The summed E-state index contributed by atoms with van der Waals surface area (Å²) in [7, 11) is 1.48. The fourth-order valence-electron chi connectivity index (χ4n) is 1.83. The van der Waals surface area contributed by atoms with E-state index in [1.165, 1.54) is 13.2 Å². The standard InChI is InChI=1S/C12H20BrN3O3S/c1-8(7-16(2)3)15-20(17,18)12-6-10(14)9(13)5-11(12)19-4/h5-6,8,15H,7,14H2,1-4H3. The van der Waals surface area contributed by atoms with Crippen LogP contribution in [0, 0.1) is 0 Å². The third-order valence-corrected chi connectivity index (χ3v) is 4.87. The van der Waals surface area contributed by atoms with E-state index < -0.39 is 10.0 Å². The molecule has 0 fully saturated rings. The summed E-state index contributed by atoms with van der Waals surface area (Å²) in [5, 5.41) is 0. The molecule has 0 saturated carbocycles. The normalized spacial score (nSPS) is 13.5. The molecule has 0 aromatic heterocycles. The zero-order valence-electron chi connectivity index (χ0n) is 12.0. The first kappa shape index (κ1) is 17.2. The molecule has 0 aliphatic heterocycles. The van der Waals surface area contributed by atoms with Gasteiger partial charge in [-0.15, -0.1) is 0 Å². The van der Waals surface area contributed by atoms with Gasteiger partial charge in [-0.3, -0.25) is 0 Å². The minimum Gasteiger partial charge on any atom is -0.495 e. The molecule has 0 aliphatic carbocycles. The second-order valence-corrected chi connectivity index (χ2v) is 7.35. The lowest BCUT2D eigenvalue weighted by atomic mass is 10.3. The van der Waals surface area contributed by atoms with Crippen LogP contribution in [0.1, 0.15) is 6.92 Å². The van der Waals surface area contributed by atoms with Crippen molar-refractivity contribution in [1.82, 2.24) is 9.62 Å². The minimum absolute atomic E-state index is 0.0336. The van der Waals surface area contributed by atoms with Crippen LogP contribution < -0.4 is 15.2 Å². The Bertz CT molecular complexity index is 576. The second-order valence-electron chi connectivity index (χ2n) is 4.81. The van der Waals surface area contributed by atoms with Gasteiger partial charge in [-0.1, -0.05) is 0 Å². The largest absolute Gasteiger partial charge is 0.495 e. The number of methoxy groups -OCH3 is 1. The van der Waals surface area contributed by atoms with Crippen molar-refractivity contribution in [2.75, 3.05) is 33.5 Å². The minimum atomic E-state index is -3.69. The Hall–Kier alpha value is -0.830. The Morgan fingerprint density at radius 2 is 2.05 bits per heavy atom. The molecule has 0 amide bonds. The fraction of sp³-hybridized carbons (Fsp3) is 0.500. The van der Waals surface area contributed by atoms with Crippen LogP contribution in [0.4, 0.5) is 5.69 Å². The fourth-order valence-corrected chi connectivity index (χ4v) is 3.58. The van der Waals surface area contributed by atoms with E-state index in [1.807, 2.05) is 19.0 Å². The average Bonchev–Trinajstić information content (AvgIpc) is 2.29. The van der Waals surface area contributed by atoms with E-state index in [9.17, 15) is 8.42 Å². The van der Waals surface area contributed by atoms with Gasteiger partial charge in [-0.25, -0.2) is 13.1 Å². The number of anilines is 1. The van der Waals surface area contributed by atoms with Crippen molar-refractivity contribution >= 4 is 31.6 Å². The predicted octanol–water partition coefficient (Wildman–Crippen LogP) is 1.27. The highest BCUT2D eigenvalue weighted by molar-refractivity contribution is 9.10. The summed E-state index contributed by atoms with van der Waals surface area (Å²) in [6, 6.07) is 2.69. The summed E-state index contributed by atoms with van der Waals surface area (Å²) in [6.45, 7) is 2.39. The van der Waals surface area contributed by atoms with Gasteiger partial charge in [-0.05, 0) is 49.1 Å². The number of nitrogens with zero attached hydrogens (tertiary/aromatic N) is 1. The lowest BCUT2D eigenvalue weighted by Gasteiger charge is -2.19. The van der Waals surface area contributed by atoms with Gasteiger partial charge in [0.25, 0.3) is 0 Å². The SMILES string of the molecule is COc1cc(Br)c(N)cc1S(=O)(=O)NC(C)CN(C)C. The molecule has 0 heterocycles. The Morgan fingerprint density at radius 3 is 2.55 bits per heavy atom. The number of halogens is 1. The van der Waals surface area contributed by atoms with Gasteiger partial charge in [0, 0.05) is 22.7 Å². The molecule has 0 aliphatic rings.